The molecule has 0 fully saturated rings. The number of aliphatic hydroxyl groups excluding tert-OH is 1. The molecule has 0 bridgehead atoms. The highest BCUT2D eigenvalue weighted by Crippen LogP contribution is 2.44. The minimum Gasteiger partial charge on any atom is -0.495 e. The molecule has 2 rings (SSSR count). The van der Waals surface area contributed by atoms with Crippen LogP contribution in [0.2, 0.25) is 5.02 Å². The van der Waals surface area contributed by atoms with Crippen molar-refractivity contribution >= 4 is 11.6 Å². The first-order chi connectivity index (χ1) is 8.27. The Balaban J connectivity index is 2.45. The normalized spacial score (nSPS) is 13.6. The van der Waals surface area contributed by atoms with Gasteiger partial charge in [0.15, 0.2) is 11.5 Å². The van der Waals surface area contributed by atoms with E-state index in [-0.39, 0.29) is 6.61 Å². The fraction of sp³-hybridized carbons (Fsp3) is 0.500. The summed E-state index contributed by atoms with van der Waals surface area (Å²) < 4.78 is 16.4. The van der Waals surface area contributed by atoms with Gasteiger partial charge in [0.1, 0.15) is 19.0 Å². The minimum atomic E-state index is 0.116. The largest absolute Gasteiger partial charge is 0.495 e. The Morgan fingerprint density at radius 3 is 2.88 bits per heavy atom. The van der Waals surface area contributed by atoms with Crippen molar-refractivity contribution in [2.45, 2.75) is 12.8 Å². The molecule has 1 aliphatic heterocycles. The molecule has 0 atom stereocenters. The molecule has 94 valence electrons. The van der Waals surface area contributed by atoms with Crippen LogP contribution < -0.4 is 14.2 Å². The van der Waals surface area contributed by atoms with Crippen LogP contribution in [0.25, 0.3) is 0 Å². The molecule has 17 heavy (non-hydrogen) atoms. The maximum Gasteiger partial charge on any atom is 0.168 e. The van der Waals surface area contributed by atoms with Crippen molar-refractivity contribution in [2.75, 3.05) is 26.9 Å². The summed E-state index contributed by atoms with van der Waals surface area (Å²) in [5.74, 6) is 1.94. The van der Waals surface area contributed by atoms with Gasteiger partial charge in [-0.2, -0.15) is 0 Å². The van der Waals surface area contributed by atoms with Crippen molar-refractivity contribution in [3.05, 3.63) is 16.7 Å². The Morgan fingerprint density at radius 1 is 1.41 bits per heavy atom. The van der Waals surface area contributed by atoms with Gasteiger partial charge in [0, 0.05) is 18.2 Å². The molecule has 1 aromatic rings. The molecular formula is C12H15ClO4. The minimum absolute atomic E-state index is 0.116. The molecule has 0 saturated carbocycles. The third kappa shape index (κ3) is 2.42. The van der Waals surface area contributed by atoms with Crippen molar-refractivity contribution in [1.82, 2.24) is 0 Å². The van der Waals surface area contributed by atoms with Gasteiger partial charge in [0.2, 0.25) is 0 Å². The number of hydrogen-bond donors (Lipinski definition) is 1. The standard InChI is InChI=1S/C12H15ClO4/c1-15-11-8(3-2-4-14)12-10(7-9(11)13)16-5-6-17-12/h7,14H,2-6H2,1H3. The summed E-state index contributed by atoms with van der Waals surface area (Å²) in [6, 6.07) is 1.71. The molecule has 0 aromatic heterocycles. The van der Waals surface area contributed by atoms with Crippen molar-refractivity contribution < 1.29 is 19.3 Å². The highest BCUT2D eigenvalue weighted by Gasteiger charge is 2.22. The van der Waals surface area contributed by atoms with Crippen LogP contribution in [0.15, 0.2) is 6.07 Å². The molecule has 1 aliphatic rings. The van der Waals surface area contributed by atoms with Crippen molar-refractivity contribution in [2.24, 2.45) is 0 Å². The summed E-state index contributed by atoms with van der Waals surface area (Å²) in [7, 11) is 1.57. The lowest BCUT2D eigenvalue weighted by atomic mass is 10.1. The van der Waals surface area contributed by atoms with E-state index in [4.69, 9.17) is 30.9 Å². The van der Waals surface area contributed by atoms with E-state index >= 15 is 0 Å². The van der Waals surface area contributed by atoms with Crippen LogP contribution in [0, 0.1) is 0 Å². The van der Waals surface area contributed by atoms with Gasteiger partial charge in [-0.05, 0) is 12.8 Å². The lowest BCUT2D eigenvalue weighted by Gasteiger charge is -2.23. The van der Waals surface area contributed by atoms with E-state index in [1.807, 2.05) is 0 Å². The zero-order valence-corrected chi connectivity index (χ0v) is 10.4. The summed E-state index contributed by atoms with van der Waals surface area (Å²) in [6.07, 6.45) is 1.28. The number of hydrogen-bond acceptors (Lipinski definition) is 4. The van der Waals surface area contributed by atoms with E-state index in [0.29, 0.717) is 48.3 Å². The number of rotatable bonds is 4. The second kappa shape index (κ2) is 5.47. The number of benzene rings is 1. The van der Waals surface area contributed by atoms with Crippen LogP contribution in [0.5, 0.6) is 17.2 Å². The molecule has 5 heteroatoms. The highest BCUT2D eigenvalue weighted by atomic mass is 35.5. The molecule has 0 unspecified atom stereocenters. The number of fused-ring (bicyclic) bond motifs is 1. The Kier molecular flexibility index (Phi) is 3.97. The predicted molar refractivity (Wildman–Crippen MR) is 64.4 cm³/mol. The van der Waals surface area contributed by atoms with Crippen LogP contribution in [0.4, 0.5) is 0 Å². The molecule has 1 heterocycles. The van der Waals surface area contributed by atoms with E-state index in [2.05, 4.69) is 0 Å². The van der Waals surface area contributed by atoms with Crippen molar-refractivity contribution in [3.8, 4) is 17.2 Å². The van der Waals surface area contributed by atoms with Crippen molar-refractivity contribution in [3.63, 3.8) is 0 Å². The summed E-state index contributed by atoms with van der Waals surface area (Å²) in [4.78, 5) is 0. The average Bonchev–Trinajstić information content (AvgIpc) is 2.35. The molecular weight excluding hydrogens is 244 g/mol. The molecule has 0 amide bonds. The number of methoxy groups -OCH3 is 1. The second-order valence-corrected chi connectivity index (χ2v) is 4.13. The van der Waals surface area contributed by atoms with Gasteiger partial charge in [-0.3, -0.25) is 0 Å². The SMILES string of the molecule is COc1c(Cl)cc2c(c1CCCO)OCCO2. The van der Waals surface area contributed by atoms with Crippen molar-refractivity contribution in [1.29, 1.82) is 0 Å². The van der Waals surface area contributed by atoms with E-state index in [1.165, 1.54) is 0 Å². The molecule has 0 saturated heterocycles. The molecule has 1 aromatic carbocycles. The number of ether oxygens (including phenoxy) is 3. The van der Waals surface area contributed by atoms with Gasteiger partial charge in [-0.1, -0.05) is 11.6 Å². The summed E-state index contributed by atoms with van der Waals surface area (Å²) in [5.41, 5.74) is 0.865. The average molecular weight is 259 g/mol. The van der Waals surface area contributed by atoms with E-state index < -0.39 is 0 Å². The monoisotopic (exact) mass is 258 g/mol. The van der Waals surface area contributed by atoms with Gasteiger partial charge < -0.3 is 19.3 Å². The molecule has 0 aliphatic carbocycles. The van der Waals surface area contributed by atoms with E-state index in [0.717, 1.165) is 5.56 Å². The Hall–Kier alpha value is -1.13. The lowest BCUT2D eigenvalue weighted by Crippen LogP contribution is -2.17. The Bertz CT molecular complexity index is 406. The van der Waals surface area contributed by atoms with Crippen LogP contribution in [-0.2, 0) is 6.42 Å². The Labute approximate surface area is 105 Å². The summed E-state index contributed by atoms with van der Waals surface area (Å²) >= 11 is 6.12. The van der Waals surface area contributed by atoms with Gasteiger partial charge in [-0.25, -0.2) is 0 Å². The molecule has 1 N–H and O–H groups in total. The quantitative estimate of drug-likeness (QED) is 0.898. The van der Waals surface area contributed by atoms with Crippen LogP contribution >= 0.6 is 11.6 Å². The zero-order valence-electron chi connectivity index (χ0n) is 9.66. The number of aliphatic hydroxyl groups is 1. The first-order valence-corrected chi connectivity index (χ1v) is 5.91. The fourth-order valence-electron chi connectivity index (χ4n) is 1.91. The lowest BCUT2D eigenvalue weighted by molar-refractivity contribution is 0.168. The highest BCUT2D eigenvalue weighted by molar-refractivity contribution is 6.32. The van der Waals surface area contributed by atoms with Crippen LogP contribution in [0.3, 0.4) is 0 Å². The zero-order chi connectivity index (χ0) is 12.3. The molecule has 0 spiro atoms. The van der Waals surface area contributed by atoms with Gasteiger partial charge in [0.25, 0.3) is 0 Å². The topological polar surface area (TPSA) is 47.9 Å². The maximum atomic E-state index is 8.92. The molecule has 4 nitrogen and oxygen atoms in total. The fourth-order valence-corrected chi connectivity index (χ4v) is 2.20. The van der Waals surface area contributed by atoms with Gasteiger partial charge in [-0.15, -0.1) is 0 Å². The van der Waals surface area contributed by atoms with Gasteiger partial charge in [0.05, 0.1) is 12.1 Å². The third-order valence-electron chi connectivity index (χ3n) is 2.62. The Morgan fingerprint density at radius 2 is 2.18 bits per heavy atom. The maximum absolute atomic E-state index is 8.92. The second-order valence-electron chi connectivity index (χ2n) is 3.72. The third-order valence-corrected chi connectivity index (χ3v) is 2.90. The van der Waals surface area contributed by atoms with Crippen LogP contribution in [-0.4, -0.2) is 32.0 Å². The predicted octanol–water partition coefficient (Wildman–Crippen LogP) is 2.04. The smallest absolute Gasteiger partial charge is 0.168 e. The van der Waals surface area contributed by atoms with E-state index in [1.54, 1.807) is 13.2 Å². The first-order valence-electron chi connectivity index (χ1n) is 5.53. The summed E-state index contributed by atoms with van der Waals surface area (Å²) in [5, 5.41) is 9.42. The van der Waals surface area contributed by atoms with E-state index in [9.17, 15) is 0 Å². The number of halogens is 1. The molecule has 0 radical (unpaired) electrons. The van der Waals surface area contributed by atoms with Gasteiger partial charge >= 0.3 is 0 Å². The summed E-state index contributed by atoms with van der Waals surface area (Å²) in [6.45, 7) is 1.16. The first kappa shape index (κ1) is 12.3. The van der Waals surface area contributed by atoms with Crippen LogP contribution in [0.1, 0.15) is 12.0 Å².